The molecule has 0 aromatic rings. The topological polar surface area (TPSA) is 173 Å². The van der Waals surface area contributed by atoms with Crippen LogP contribution >= 0.6 is 0 Å². The molecule has 27 heavy (non-hydrogen) atoms. The van der Waals surface area contributed by atoms with Gasteiger partial charge in [-0.1, -0.05) is 13.8 Å². The number of carbonyl (C=O) groups is 2. The van der Waals surface area contributed by atoms with Crippen molar-refractivity contribution in [2.24, 2.45) is 0 Å². The molecule has 0 aliphatic heterocycles. The van der Waals surface area contributed by atoms with Gasteiger partial charge < -0.3 is 19.7 Å². The third-order valence-corrected chi connectivity index (χ3v) is 4.32. The van der Waals surface area contributed by atoms with Crippen LogP contribution < -0.4 is 10.6 Å². The van der Waals surface area contributed by atoms with Gasteiger partial charge in [-0.15, -0.1) is 0 Å². The van der Waals surface area contributed by atoms with Crippen molar-refractivity contribution < 1.29 is 35.5 Å². The van der Waals surface area contributed by atoms with Crippen LogP contribution in [-0.4, -0.2) is 85.4 Å². The Bertz CT molecular complexity index is 555. The van der Waals surface area contributed by atoms with Crippen molar-refractivity contribution in [1.82, 2.24) is 10.6 Å². The summed E-state index contributed by atoms with van der Waals surface area (Å²) in [4.78, 5) is 21.7. The van der Waals surface area contributed by atoms with E-state index in [-0.39, 0.29) is 60.8 Å². The summed E-state index contributed by atoms with van der Waals surface area (Å²) in [5.74, 6) is -1.05. The number of nitrogens with one attached hydrogen (secondary N) is 2. The Morgan fingerprint density at radius 1 is 0.741 bits per heavy atom. The predicted molar refractivity (Wildman–Crippen MR) is 100.0 cm³/mol. The average molecular weight is 441 g/mol. The van der Waals surface area contributed by atoms with Crippen LogP contribution in [0.5, 0.6) is 0 Å². The molecule has 0 bridgehead atoms. The van der Waals surface area contributed by atoms with E-state index in [1.165, 1.54) is 0 Å². The average Bonchev–Trinajstić information content (AvgIpc) is 2.48. The van der Waals surface area contributed by atoms with Gasteiger partial charge in [-0.05, 0) is 25.7 Å². The van der Waals surface area contributed by atoms with Crippen LogP contribution in [-0.2, 0) is 29.8 Å². The van der Waals surface area contributed by atoms with Gasteiger partial charge in [-0.2, -0.15) is 0 Å². The Labute approximate surface area is 177 Å². The second-order valence-electron chi connectivity index (χ2n) is 5.43. The molecule has 10 nitrogen and oxygen atoms in total. The van der Waals surface area contributed by atoms with Crippen molar-refractivity contribution >= 4 is 55.1 Å². The fourth-order valence-electron chi connectivity index (χ4n) is 1.58. The summed E-state index contributed by atoms with van der Waals surface area (Å²) in [7, 11) is -8.27. The summed E-state index contributed by atoms with van der Waals surface area (Å²) >= 11 is 0. The van der Waals surface area contributed by atoms with Crippen molar-refractivity contribution in [3.63, 3.8) is 0 Å². The molecule has 0 atom stereocenters. The zero-order valence-corrected chi connectivity index (χ0v) is 18.9. The molecule has 156 valence electrons. The van der Waals surface area contributed by atoms with Gasteiger partial charge in [0.1, 0.15) is 0 Å². The molecule has 0 unspecified atom stereocenters. The minimum absolute atomic E-state index is 0. The van der Waals surface area contributed by atoms with Crippen molar-refractivity contribution in [2.45, 2.75) is 52.4 Å². The van der Waals surface area contributed by atoms with Gasteiger partial charge in [0.05, 0.1) is 20.2 Å². The summed E-state index contributed by atoms with van der Waals surface area (Å²) in [6.45, 7) is 4.25. The van der Waals surface area contributed by atoms with Gasteiger partial charge in [0.15, 0.2) is 0 Å². The molecule has 0 fully saturated rings. The quantitative estimate of drug-likeness (QED) is 0.227. The summed E-state index contributed by atoms with van der Waals surface area (Å²) < 4.78 is 60.8. The van der Waals surface area contributed by atoms with E-state index in [2.05, 4.69) is 10.6 Å². The summed E-state index contributed by atoms with van der Waals surface area (Å²) in [6, 6.07) is 0. The molecule has 0 radical (unpaired) electrons. The summed E-state index contributed by atoms with van der Waals surface area (Å²) in [5.41, 5.74) is 0. The van der Waals surface area contributed by atoms with Crippen LogP contribution in [0.1, 0.15) is 52.4 Å². The first-order chi connectivity index (χ1) is 11.9. The Morgan fingerprint density at radius 3 is 1.26 bits per heavy atom. The Balaban J connectivity index is -0.000000411. The second kappa shape index (κ2) is 17.6. The van der Waals surface area contributed by atoms with E-state index in [4.69, 9.17) is 0 Å². The molecule has 0 saturated heterocycles. The molecule has 0 saturated carbocycles. The molecular weight excluding hydrogens is 413 g/mol. The zero-order chi connectivity index (χ0) is 20.6. The molecule has 2 amide bonds. The first kappa shape index (κ1) is 31.2. The third-order valence-electron chi connectivity index (χ3n) is 2.74. The largest absolute Gasteiger partial charge is 2.00 e. The van der Waals surface area contributed by atoms with E-state index in [0.717, 1.165) is 12.8 Å². The maximum Gasteiger partial charge on any atom is 2.00 e. The van der Waals surface area contributed by atoms with Crippen molar-refractivity contribution in [3.05, 3.63) is 0 Å². The molecule has 0 aliphatic rings. The maximum absolute atomic E-state index is 10.8. The number of carbonyl (C=O) groups excluding carboxylic acids is 2. The first-order valence-electron chi connectivity index (χ1n) is 8.31. The van der Waals surface area contributed by atoms with E-state index < -0.39 is 31.7 Å². The summed E-state index contributed by atoms with van der Waals surface area (Å²) in [6.07, 6.45) is 2.74. The van der Waals surface area contributed by atoms with Crippen LogP contribution in [0.15, 0.2) is 0 Å². The van der Waals surface area contributed by atoms with Gasteiger partial charge in [0.2, 0.25) is 11.8 Å². The van der Waals surface area contributed by atoms with Crippen molar-refractivity contribution in [1.29, 1.82) is 0 Å². The summed E-state index contributed by atoms with van der Waals surface area (Å²) in [5, 5.41) is 5.03. The predicted octanol–water partition coefficient (Wildman–Crippen LogP) is -0.705. The molecule has 0 spiro atoms. The van der Waals surface area contributed by atoms with Crippen LogP contribution in [0.25, 0.3) is 0 Å². The van der Waals surface area contributed by atoms with Gasteiger partial charge in [0, 0.05) is 37.4 Å². The minimum Gasteiger partial charge on any atom is -0.748 e. The van der Waals surface area contributed by atoms with Gasteiger partial charge >= 0.3 is 23.1 Å². The van der Waals surface area contributed by atoms with Crippen LogP contribution in [0.4, 0.5) is 0 Å². The number of hydrogen-bond acceptors (Lipinski definition) is 8. The van der Waals surface area contributed by atoms with Crippen LogP contribution in [0.3, 0.4) is 0 Å². The van der Waals surface area contributed by atoms with E-state index in [0.29, 0.717) is 12.8 Å². The molecule has 0 aromatic heterocycles. The zero-order valence-electron chi connectivity index (χ0n) is 15.9. The number of rotatable bonds is 12. The Morgan fingerprint density at radius 2 is 1.04 bits per heavy atom. The molecule has 0 aromatic carbocycles. The number of amides is 2. The van der Waals surface area contributed by atoms with Gasteiger partial charge in [0.25, 0.3) is 0 Å². The molecule has 13 heteroatoms. The Kier molecular flexibility index (Phi) is 20.4. The molecule has 0 rings (SSSR count). The van der Waals surface area contributed by atoms with Crippen LogP contribution in [0, 0.1) is 0 Å². The maximum atomic E-state index is 10.8. The SMILES string of the molecule is CCCC(=O)NCCCS(=O)(=O)[O-].CCCC(=O)NCCCS(=O)(=O)[O-].[Mg+2]. The van der Waals surface area contributed by atoms with Crippen molar-refractivity contribution in [3.8, 4) is 0 Å². The molecule has 0 heterocycles. The van der Waals surface area contributed by atoms with Crippen LogP contribution in [0.2, 0.25) is 0 Å². The molecule has 0 aliphatic carbocycles. The smallest absolute Gasteiger partial charge is 0.748 e. The normalized spacial score (nSPS) is 10.8. The third kappa shape index (κ3) is 30.5. The van der Waals surface area contributed by atoms with Gasteiger partial charge in [-0.25, -0.2) is 16.8 Å². The Hall–Kier alpha value is -0.474. The van der Waals surface area contributed by atoms with E-state index >= 15 is 0 Å². The molecular formula is C14H28MgN2O8S2. The van der Waals surface area contributed by atoms with Gasteiger partial charge in [-0.3, -0.25) is 9.59 Å². The second-order valence-corrected chi connectivity index (χ2v) is 8.48. The fraction of sp³-hybridized carbons (Fsp3) is 0.857. The standard InChI is InChI=1S/2C7H15NO4S.Mg/c2*1-2-4-7(9)8-5-3-6-13(10,11)12;/h2*2-6H2,1H3,(H,8,9)(H,10,11,12);/q;;+2/p-2. The van der Waals surface area contributed by atoms with E-state index in [1.807, 2.05) is 13.8 Å². The fourth-order valence-corrected chi connectivity index (χ4v) is 2.58. The number of hydrogen-bond donors (Lipinski definition) is 2. The van der Waals surface area contributed by atoms with E-state index in [9.17, 15) is 35.5 Å². The van der Waals surface area contributed by atoms with E-state index in [1.54, 1.807) is 0 Å². The monoisotopic (exact) mass is 440 g/mol. The van der Waals surface area contributed by atoms with Crippen molar-refractivity contribution in [2.75, 3.05) is 24.6 Å². The first-order valence-corrected chi connectivity index (χ1v) is 11.5. The molecule has 2 N–H and O–H groups in total. The minimum atomic E-state index is -4.14.